The first-order valence-electron chi connectivity index (χ1n) is 10.0. The third kappa shape index (κ3) is 4.01. The predicted molar refractivity (Wildman–Crippen MR) is 115 cm³/mol. The Hall–Kier alpha value is -3.53. The largest absolute Gasteiger partial charge is 0.486 e. The maximum absolute atomic E-state index is 14.2. The van der Waals surface area contributed by atoms with E-state index in [0.717, 1.165) is 17.4 Å². The number of thiazole rings is 1. The van der Waals surface area contributed by atoms with Crippen molar-refractivity contribution in [1.82, 2.24) is 14.5 Å². The van der Waals surface area contributed by atoms with E-state index in [4.69, 9.17) is 9.47 Å². The molecule has 2 aromatic carbocycles. The molecule has 2 aromatic heterocycles. The summed E-state index contributed by atoms with van der Waals surface area (Å²) in [5.41, 5.74) is 0.434. The molecule has 0 atom stereocenters. The molecule has 1 amide bonds. The number of benzene rings is 2. The lowest BCUT2D eigenvalue weighted by molar-refractivity contribution is 0.0985. The van der Waals surface area contributed by atoms with E-state index in [1.165, 1.54) is 11.0 Å². The molecule has 3 heterocycles. The van der Waals surface area contributed by atoms with Gasteiger partial charge in [-0.05, 0) is 30.7 Å². The zero-order valence-corrected chi connectivity index (χ0v) is 17.6. The number of aromatic nitrogens is 3. The summed E-state index contributed by atoms with van der Waals surface area (Å²) in [6.45, 7) is 1.82. The second kappa shape index (κ2) is 8.54. The molecular formula is C22H18F2N4O3S. The van der Waals surface area contributed by atoms with Crippen molar-refractivity contribution in [1.29, 1.82) is 0 Å². The van der Waals surface area contributed by atoms with Crippen LogP contribution in [0.15, 0.2) is 49.1 Å². The van der Waals surface area contributed by atoms with Gasteiger partial charge in [-0.1, -0.05) is 11.3 Å². The minimum Gasteiger partial charge on any atom is -0.486 e. The van der Waals surface area contributed by atoms with Crippen LogP contribution in [0.1, 0.15) is 16.8 Å². The van der Waals surface area contributed by atoms with Crippen molar-refractivity contribution >= 4 is 32.6 Å². The standard InChI is InChI=1S/C22H18F2N4O3S/c23-15-11-16(24)20-19(12-15)32-22(26-20)28(6-1-5-27-7-4-25-13-27)21(29)14-2-3-17-18(10-14)31-9-8-30-17/h2-4,7,10-13H,1,5-6,8-9H2. The van der Waals surface area contributed by atoms with Gasteiger partial charge in [-0.3, -0.25) is 9.69 Å². The summed E-state index contributed by atoms with van der Waals surface area (Å²) in [6.07, 6.45) is 5.83. The summed E-state index contributed by atoms with van der Waals surface area (Å²) >= 11 is 1.07. The Morgan fingerprint density at radius 3 is 2.81 bits per heavy atom. The van der Waals surface area contributed by atoms with Crippen LogP contribution in [-0.2, 0) is 6.54 Å². The summed E-state index contributed by atoms with van der Waals surface area (Å²) in [5, 5.41) is 0.301. The maximum Gasteiger partial charge on any atom is 0.260 e. The molecule has 5 rings (SSSR count). The summed E-state index contributed by atoms with van der Waals surface area (Å²) in [5.74, 6) is -0.676. The molecule has 7 nitrogen and oxygen atoms in total. The van der Waals surface area contributed by atoms with Crippen LogP contribution < -0.4 is 14.4 Å². The number of rotatable bonds is 6. The number of hydrogen-bond donors (Lipinski definition) is 0. The van der Waals surface area contributed by atoms with Crippen molar-refractivity contribution in [3.8, 4) is 11.5 Å². The maximum atomic E-state index is 14.2. The summed E-state index contributed by atoms with van der Waals surface area (Å²) < 4.78 is 41.3. The lowest BCUT2D eigenvalue weighted by Crippen LogP contribution is -2.32. The van der Waals surface area contributed by atoms with Gasteiger partial charge in [0.15, 0.2) is 22.4 Å². The molecule has 0 N–H and O–H groups in total. The van der Waals surface area contributed by atoms with Crippen molar-refractivity contribution in [3.63, 3.8) is 0 Å². The molecule has 10 heteroatoms. The van der Waals surface area contributed by atoms with Crippen LogP contribution >= 0.6 is 11.3 Å². The van der Waals surface area contributed by atoms with Crippen LogP contribution in [0, 0.1) is 11.6 Å². The Bertz CT molecular complexity index is 1280. The van der Waals surface area contributed by atoms with E-state index in [9.17, 15) is 13.6 Å². The van der Waals surface area contributed by atoms with E-state index < -0.39 is 11.6 Å². The highest BCUT2D eigenvalue weighted by atomic mass is 32.1. The minimum atomic E-state index is -0.757. The van der Waals surface area contributed by atoms with Gasteiger partial charge < -0.3 is 14.0 Å². The lowest BCUT2D eigenvalue weighted by atomic mass is 10.1. The normalized spacial score (nSPS) is 12.8. The third-order valence-corrected chi connectivity index (χ3v) is 6.05. The van der Waals surface area contributed by atoms with Crippen LogP contribution in [0.4, 0.5) is 13.9 Å². The van der Waals surface area contributed by atoms with E-state index in [0.29, 0.717) is 59.6 Å². The topological polar surface area (TPSA) is 69.5 Å². The van der Waals surface area contributed by atoms with Gasteiger partial charge in [0, 0.05) is 37.1 Å². The molecular weight excluding hydrogens is 438 g/mol. The van der Waals surface area contributed by atoms with Crippen LogP contribution in [-0.4, -0.2) is 40.2 Å². The summed E-state index contributed by atoms with van der Waals surface area (Å²) in [4.78, 5) is 23.3. The van der Waals surface area contributed by atoms with E-state index in [-0.39, 0.29) is 11.4 Å². The summed E-state index contributed by atoms with van der Waals surface area (Å²) in [7, 11) is 0. The lowest BCUT2D eigenvalue weighted by Gasteiger charge is -2.22. The number of halogens is 2. The quantitative estimate of drug-likeness (QED) is 0.433. The van der Waals surface area contributed by atoms with Gasteiger partial charge >= 0.3 is 0 Å². The highest BCUT2D eigenvalue weighted by molar-refractivity contribution is 7.22. The monoisotopic (exact) mass is 456 g/mol. The smallest absolute Gasteiger partial charge is 0.260 e. The van der Waals surface area contributed by atoms with Crippen molar-refractivity contribution in [2.75, 3.05) is 24.7 Å². The molecule has 1 aliphatic rings. The number of ether oxygens (including phenoxy) is 2. The minimum absolute atomic E-state index is 0.0426. The highest BCUT2D eigenvalue weighted by Gasteiger charge is 2.24. The molecule has 0 bridgehead atoms. The number of nitrogens with zero attached hydrogens (tertiary/aromatic N) is 4. The van der Waals surface area contributed by atoms with Crippen LogP contribution in [0.3, 0.4) is 0 Å². The molecule has 0 radical (unpaired) electrons. The average molecular weight is 456 g/mol. The Balaban J connectivity index is 1.47. The van der Waals surface area contributed by atoms with Gasteiger partial charge in [0.1, 0.15) is 24.5 Å². The first kappa shape index (κ1) is 20.4. The Morgan fingerprint density at radius 1 is 1.16 bits per heavy atom. The first-order chi connectivity index (χ1) is 15.6. The molecule has 0 saturated heterocycles. The van der Waals surface area contributed by atoms with E-state index in [2.05, 4.69) is 9.97 Å². The van der Waals surface area contributed by atoms with Crippen LogP contribution in [0.2, 0.25) is 0 Å². The molecule has 0 aliphatic carbocycles. The predicted octanol–water partition coefficient (Wildman–Crippen LogP) is 4.28. The van der Waals surface area contributed by atoms with Crippen molar-refractivity contribution in [2.45, 2.75) is 13.0 Å². The zero-order chi connectivity index (χ0) is 22.1. The third-order valence-electron chi connectivity index (χ3n) is 5.02. The molecule has 0 spiro atoms. The Labute approximate surface area is 185 Å². The number of fused-ring (bicyclic) bond motifs is 2. The fraction of sp³-hybridized carbons (Fsp3) is 0.227. The Morgan fingerprint density at radius 2 is 2.00 bits per heavy atom. The number of anilines is 1. The first-order valence-corrected chi connectivity index (χ1v) is 10.8. The second-order valence-corrected chi connectivity index (χ2v) is 8.21. The molecule has 164 valence electrons. The zero-order valence-electron chi connectivity index (χ0n) is 16.8. The van der Waals surface area contributed by atoms with Gasteiger partial charge in [-0.2, -0.15) is 0 Å². The molecule has 0 saturated carbocycles. The number of carbonyl (C=O) groups is 1. The van der Waals surface area contributed by atoms with Gasteiger partial charge in [0.05, 0.1) is 11.0 Å². The number of carbonyl (C=O) groups excluding carboxylic acids is 1. The van der Waals surface area contributed by atoms with E-state index >= 15 is 0 Å². The van der Waals surface area contributed by atoms with Gasteiger partial charge in [-0.25, -0.2) is 18.7 Å². The van der Waals surface area contributed by atoms with Crippen LogP contribution in [0.25, 0.3) is 10.2 Å². The number of amides is 1. The average Bonchev–Trinajstić information content (AvgIpc) is 3.46. The SMILES string of the molecule is O=C(c1ccc2c(c1)OCCO2)N(CCCn1ccnc1)c1nc2c(F)cc(F)cc2s1. The molecule has 0 unspecified atom stereocenters. The number of aryl methyl sites for hydroxylation is 1. The van der Waals surface area contributed by atoms with Crippen molar-refractivity contribution in [3.05, 3.63) is 66.3 Å². The second-order valence-electron chi connectivity index (χ2n) is 7.20. The number of hydrogen-bond acceptors (Lipinski definition) is 6. The van der Waals surface area contributed by atoms with Gasteiger partial charge in [0.2, 0.25) is 0 Å². The fourth-order valence-electron chi connectivity index (χ4n) is 3.51. The molecule has 0 fully saturated rings. The molecule has 1 aliphatic heterocycles. The summed E-state index contributed by atoms with van der Waals surface area (Å²) in [6, 6.07) is 6.99. The van der Waals surface area contributed by atoms with Gasteiger partial charge in [0.25, 0.3) is 5.91 Å². The van der Waals surface area contributed by atoms with E-state index in [1.54, 1.807) is 30.7 Å². The fourth-order valence-corrected chi connectivity index (χ4v) is 4.54. The van der Waals surface area contributed by atoms with Gasteiger partial charge in [-0.15, -0.1) is 0 Å². The molecule has 32 heavy (non-hydrogen) atoms. The highest BCUT2D eigenvalue weighted by Crippen LogP contribution is 2.34. The van der Waals surface area contributed by atoms with Crippen molar-refractivity contribution < 1.29 is 23.0 Å². The van der Waals surface area contributed by atoms with E-state index in [1.807, 2.05) is 10.8 Å². The molecule has 4 aromatic rings. The van der Waals surface area contributed by atoms with Crippen molar-refractivity contribution in [2.24, 2.45) is 0 Å². The Kier molecular flexibility index (Phi) is 5.44. The number of imidazole rings is 1. The van der Waals surface area contributed by atoms with Crippen LogP contribution in [0.5, 0.6) is 11.5 Å².